The van der Waals surface area contributed by atoms with E-state index in [1.807, 2.05) is 54.6 Å². The normalized spacial score (nSPS) is 20.8. The first-order chi connectivity index (χ1) is 15.0. The third-order valence-electron chi connectivity index (χ3n) is 5.55. The van der Waals surface area contributed by atoms with E-state index >= 15 is 0 Å². The Morgan fingerprint density at radius 2 is 1.62 bits per heavy atom. The minimum Gasteiger partial charge on any atom is -0.465 e. The molecule has 2 atom stereocenters. The van der Waals surface area contributed by atoms with Gasteiger partial charge in [0.05, 0.1) is 6.61 Å². The van der Waals surface area contributed by atoms with Gasteiger partial charge < -0.3 is 9.47 Å². The summed E-state index contributed by atoms with van der Waals surface area (Å²) >= 11 is 0. The first-order valence-corrected chi connectivity index (χ1v) is 10.9. The molecule has 1 fully saturated rings. The summed E-state index contributed by atoms with van der Waals surface area (Å²) < 4.78 is 10.6. The van der Waals surface area contributed by atoms with Gasteiger partial charge in [0.25, 0.3) is 0 Å². The van der Waals surface area contributed by atoms with E-state index in [4.69, 9.17) is 9.47 Å². The molecule has 6 nitrogen and oxygen atoms in total. The summed E-state index contributed by atoms with van der Waals surface area (Å²) in [7, 11) is 0. The summed E-state index contributed by atoms with van der Waals surface area (Å²) in [4.78, 5) is 39.9. The Morgan fingerprint density at radius 3 is 2.19 bits per heavy atom. The first kappa shape index (κ1) is 23.5. The van der Waals surface area contributed by atoms with Gasteiger partial charge in [0.2, 0.25) is 5.91 Å². The lowest BCUT2D eigenvalue weighted by atomic mass is 9.86. The second kappa shape index (κ2) is 9.15. The molecule has 2 aromatic rings. The smallest absolute Gasteiger partial charge is 0.417 e. The molecule has 2 aromatic carbocycles. The predicted octanol–water partition coefficient (Wildman–Crippen LogP) is 5.00. The lowest BCUT2D eigenvalue weighted by Gasteiger charge is -2.27. The summed E-state index contributed by atoms with van der Waals surface area (Å²) in [6, 6.07) is 17.5. The van der Waals surface area contributed by atoms with Gasteiger partial charge in [0.15, 0.2) is 0 Å². The van der Waals surface area contributed by atoms with Gasteiger partial charge in [-0.3, -0.25) is 9.59 Å². The zero-order chi connectivity index (χ0) is 23.5. The average molecular weight is 438 g/mol. The molecule has 0 N–H and O–H groups in total. The fraction of sp³-hybridized carbons (Fsp3) is 0.423. The zero-order valence-corrected chi connectivity index (χ0v) is 19.4. The van der Waals surface area contributed by atoms with Gasteiger partial charge >= 0.3 is 12.1 Å². The summed E-state index contributed by atoms with van der Waals surface area (Å²) in [5.74, 6) is -1.18. The maximum absolute atomic E-state index is 13.2. The van der Waals surface area contributed by atoms with Crippen LogP contribution in [0.25, 0.3) is 11.1 Å². The molecule has 2 amide bonds. The molecule has 0 aromatic heterocycles. The van der Waals surface area contributed by atoms with E-state index in [2.05, 4.69) is 0 Å². The molecule has 0 bridgehead atoms. The van der Waals surface area contributed by atoms with Crippen molar-refractivity contribution in [1.29, 1.82) is 0 Å². The van der Waals surface area contributed by atoms with E-state index in [0.29, 0.717) is 6.42 Å². The minimum absolute atomic E-state index is 0.166. The van der Waals surface area contributed by atoms with Crippen molar-refractivity contribution in [1.82, 2.24) is 4.90 Å². The second-order valence-corrected chi connectivity index (χ2v) is 9.33. The Kier molecular flexibility index (Phi) is 6.72. The van der Waals surface area contributed by atoms with Gasteiger partial charge in [-0.1, -0.05) is 54.6 Å². The minimum atomic E-state index is -1.42. The van der Waals surface area contributed by atoms with E-state index in [9.17, 15) is 14.4 Å². The van der Waals surface area contributed by atoms with E-state index in [1.165, 1.54) is 0 Å². The van der Waals surface area contributed by atoms with E-state index in [0.717, 1.165) is 21.6 Å². The standard InChI is InChI=1S/C26H31NO5/c1-6-31-23(29)26(5)17-21(27(22(26)28)24(30)32-25(2,3)4)16-18-12-14-20(15-13-18)19-10-8-7-9-11-19/h7-15,21H,6,16-17H2,1-5H3/t21-,26+/m1/s1. The summed E-state index contributed by atoms with van der Waals surface area (Å²) in [6.45, 7) is 8.63. The number of hydrogen-bond acceptors (Lipinski definition) is 5. The van der Waals surface area contributed by atoms with Gasteiger partial charge in [0.1, 0.15) is 11.0 Å². The van der Waals surface area contributed by atoms with Crippen molar-refractivity contribution in [3.8, 4) is 11.1 Å². The highest BCUT2D eigenvalue weighted by atomic mass is 16.6. The van der Waals surface area contributed by atoms with Crippen LogP contribution in [0.4, 0.5) is 4.79 Å². The van der Waals surface area contributed by atoms with E-state index in [1.54, 1.807) is 34.6 Å². The molecule has 170 valence electrons. The molecule has 1 aliphatic rings. The van der Waals surface area contributed by atoms with E-state index < -0.39 is 35.0 Å². The van der Waals surface area contributed by atoms with E-state index in [-0.39, 0.29) is 13.0 Å². The monoisotopic (exact) mass is 437 g/mol. The number of carbonyl (C=O) groups excluding carboxylic acids is 3. The Morgan fingerprint density at radius 1 is 1.03 bits per heavy atom. The highest BCUT2D eigenvalue weighted by molar-refractivity contribution is 6.09. The topological polar surface area (TPSA) is 72.9 Å². The molecule has 3 rings (SSSR count). The van der Waals surface area contributed by atoms with Crippen LogP contribution in [0.15, 0.2) is 54.6 Å². The Balaban J connectivity index is 1.86. The zero-order valence-electron chi connectivity index (χ0n) is 19.4. The molecular weight excluding hydrogens is 406 g/mol. The molecule has 0 spiro atoms. The average Bonchev–Trinajstić information content (AvgIpc) is 2.99. The molecule has 6 heteroatoms. The number of benzene rings is 2. The van der Waals surface area contributed by atoms with Crippen molar-refractivity contribution < 1.29 is 23.9 Å². The van der Waals surface area contributed by atoms with Crippen molar-refractivity contribution in [2.75, 3.05) is 6.61 Å². The van der Waals surface area contributed by atoms with Crippen molar-refractivity contribution >= 4 is 18.0 Å². The highest BCUT2D eigenvalue weighted by Crippen LogP contribution is 2.39. The quantitative estimate of drug-likeness (QED) is 0.486. The third-order valence-corrected chi connectivity index (χ3v) is 5.55. The summed E-state index contributed by atoms with van der Waals surface area (Å²) in [5, 5.41) is 0. The number of ether oxygens (including phenoxy) is 2. The lowest BCUT2D eigenvalue weighted by molar-refractivity contribution is -0.159. The molecule has 0 saturated carbocycles. The van der Waals surface area contributed by atoms with Crippen LogP contribution < -0.4 is 0 Å². The molecular formula is C26H31NO5. The highest BCUT2D eigenvalue weighted by Gasteiger charge is 2.57. The molecule has 1 heterocycles. The SMILES string of the molecule is CCOC(=O)[C@@]1(C)C[C@@H](Cc2ccc(-c3ccccc3)cc2)N(C(=O)OC(C)(C)C)C1=O. The summed E-state index contributed by atoms with van der Waals surface area (Å²) in [5.41, 5.74) is 0.978. The predicted molar refractivity (Wildman–Crippen MR) is 122 cm³/mol. The van der Waals surface area contributed by atoms with Gasteiger partial charge in [-0.25, -0.2) is 9.69 Å². The summed E-state index contributed by atoms with van der Waals surface area (Å²) in [6.07, 6.45) is -0.124. The Bertz CT molecular complexity index is 978. The number of rotatable bonds is 5. The fourth-order valence-electron chi connectivity index (χ4n) is 3.99. The van der Waals surface area contributed by atoms with Crippen LogP contribution in [-0.2, 0) is 25.5 Å². The van der Waals surface area contributed by atoms with Gasteiger partial charge in [-0.15, -0.1) is 0 Å². The van der Waals surface area contributed by atoms with Crippen LogP contribution >= 0.6 is 0 Å². The van der Waals surface area contributed by atoms with Crippen molar-refractivity contribution in [3.05, 3.63) is 60.2 Å². The van der Waals surface area contributed by atoms with Gasteiger partial charge in [0, 0.05) is 6.04 Å². The Hall–Kier alpha value is -3.15. The number of imide groups is 1. The first-order valence-electron chi connectivity index (χ1n) is 10.9. The van der Waals surface area contributed by atoms with Gasteiger partial charge in [-0.05, 0) is 64.2 Å². The molecule has 1 aliphatic heterocycles. The second-order valence-electron chi connectivity index (χ2n) is 9.33. The number of likely N-dealkylation sites (tertiary alicyclic amines) is 1. The van der Waals surface area contributed by atoms with Crippen LogP contribution in [0.3, 0.4) is 0 Å². The molecule has 0 aliphatic carbocycles. The van der Waals surface area contributed by atoms with Crippen LogP contribution in [0, 0.1) is 5.41 Å². The molecule has 0 radical (unpaired) electrons. The molecule has 0 unspecified atom stereocenters. The van der Waals surface area contributed by atoms with Crippen LogP contribution in [0.5, 0.6) is 0 Å². The van der Waals surface area contributed by atoms with Crippen LogP contribution in [-0.4, -0.2) is 41.1 Å². The maximum atomic E-state index is 13.2. The largest absolute Gasteiger partial charge is 0.465 e. The Labute approximate surface area is 189 Å². The molecule has 32 heavy (non-hydrogen) atoms. The number of nitrogens with zero attached hydrogens (tertiary/aromatic N) is 1. The lowest BCUT2D eigenvalue weighted by Crippen LogP contribution is -2.46. The number of hydrogen-bond donors (Lipinski definition) is 0. The fourth-order valence-corrected chi connectivity index (χ4v) is 3.99. The number of esters is 1. The van der Waals surface area contributed by atoms with Gasteiger partial charge in [-0.2, -0.15) is 0 Å². The van der Waals surface area contributed by atoms with Crippen molar-refractivity contribution in [2.45, 2.75) is 59.1 Å². The van der Waals surface area contributed by atoms with Crippen LogP contribution in [0.2, 0.25) is 0 Å². The number of amides is 2. The third kappa shape index (κ3) is 5.01. The number of carbonyl (C=O) groups is 3. The maximum Gasteiger partial charge on any atom is 0.417 e. The van der Waals surface area contributed by atoms with Crippen molar-refractivity contribution in [2.24, 2.45) is 5.41 Å². The molecule has 1 saturated heterocycles. The van der Waals surface area contributed by atoms with Crippen molar-refractivity contribution in [3.63, 3.8) is 0 Å². The van der Waals surface area contributed by atoms with Crippen LogP contribution in [0.1, 0.15) is 46.6 Å².